The minimum absolute atomic E-state index is 0.159. The van der Waals surface area contributed by atoms with Gasteiger partial charge in [-0.25, -0.2) is 0 Å². The van der Waals surface area contributed by atoms with E-state index < -0.39 is 0 Å². The lowest BCUT2D eigenvalue weighted by molar-refractivity contribution is 0.0693. The number of aryl methyl sites for hydroxylation is 4. The second kappa shape index (κ2) is 5.90. The maximum atomic E-state index is 12.8. The van der Waals surface area contributed by atoms with Crippen molar-refractivity contribution in [2.75, 3.05) is 7.05 Å². The monoisotopic (exact) mass is 379 g/mol. The Bertz CT molecular complexity index is 1220. The van der Waals surface area contributed by atoms with E-state index in [9.17, 15) is 9.59 Å². The van der Waals surface area contributed by atoms with Crippen molar-refractivity contribution >= 4 is 11.8 Å². The van der Waals surface area contributed by atoms with E-state index in [2.05, 4.69) is 42.5 Å². The van der Waals surface area contributed by atoms with Gasteiger partial charge in [0.2, 0.25) is 0 Å². The summed E-state index contributed by atoms with van der Waals surface area (Å²) >= 11 is 0. The molecule has 5 aliphatic carbocycles. The summed E-state index contributed by atoms with van der Waals surface area (Å²) in [5.41, 5.74) is 11.5. The van der Waals surface area contributed by atoms with E-state index in [0.29, 0.717) is 11.1 Å². The Kier molecular flexibility index (Phi) is 3.40. The summed E-state index contributed by atoms with van der Waals surface area (Å²) < 4.78 is 0. The van der Waals surface area contributed by atoms with Crippen LogP contribution in [-0.2, 0) is 32.1 Å². The molecule has 1 heterocycles. The normalized spacial score (nSPS) is 16.5. The van der Waals surface area contributed by atoms with Crippen LogP contribution in [0.3, 0.4) is 0 Å². The molecule has 6 aliphatic rings. The summed E-state index contributed by atoms with van der Waals surface area (Å²) in [5.74, 6) is -0.343. The molecule has 0 spiro atoms. The molecule has 9 rings (SSSR count). The fraction of sp³-hybridized carbons (Fsp3) is 0.231. The lowest BCUT2D eigenvalue weighted by Crippen LogP contribution is -2.24. The number of carbonyl (C=O) groups is 2. The Labute approximate surface area is 170 Å². The third-order valence-corrected chi connectivity index (χ3v) is 6.87. The number of amides is 2. The highest BCUT2D eigenvalue weighted by molar-refractivity contribution is 6.22. The zero-order valence-electron chi connectivity index (χ0n) is 16.4. The lowest BCUT2D eigenvalue weighted by atomic mass is 9.89. The van der Waals surface area contributed by atoms with Crippen molar-refractivity contribution in [2.24, 2.45) is 0 Å². The molecule has 142 valence electrons. The quantitative estimate of drug-likeness (QED) is 0.426. The van der Waals surface area contributed by atoms with Gasteiger partial charge in [-0.2, -0.15) is 0 Å². The van der Waals surface area contributed by atoms with Crippen molar-refractivity contribution in [3.8, 4) is 11.1 Å². The van der Waals surface area contributed by atoms with Crippen molar-refractivity contribution in [1.29, 1.82) is 0 Å². The lowest BCUT2D eigenvalue weighted by Gasteiger charge is -2.16. The van der Waals surface area contributed by atoms with Crippen LogP contribution in [0.5, 0.6) is 0 Å². The molecule has 0 unspecified atom stereocenters. The number of fused-ring (bicyclic) bond motifs is 3. The molecule has 3 heteroatoms. The summed E-state index contributed by atoms with van der Waals surface area (Å²) in [7, 11) is 1.58. The van der Waals surface area contributed by atoms with Crippen molar-refractivity contribution in [3.05, 3.63) is 93.0 Å². The highest BCUT2D eigenvalue weighted by atomic mass is 16.2. The molecule has 3 aromatic carbocycles. The van der Waals surface area contributed by atoms with Gasteiger partial charge in [-0.3, -0.25) is 14.5 Å². The molecule has 3 aromatic rings. The summed E-state index contributed by atoms with van der Waals surface area (Å²) in [4.78, 5) is 26.5. The Morgan fingerprint density at radius 1 is 0.621 bits per heavy atom. The summed E-state index contributed by atoms with van der Waals surface area (Å²) in [5, 5.41) is 0. The molecule has 29 heavy (non-hydrogen) atoms. The van der Waals surface area contributed by atoms with Crippen LogP contribution < -0.4 is 0 Å². The molecule has 1 aliphatic heterocycles. The molecule has 0 atom stereocenters. The molecule has 4 bridgehead atoms. The summed E-state index contributed by atoms with van der Waals surface area (Å²) in [6, 6.07) is 17.5. The van der Waals surface area contributed by atoms with E-state index in [-0.39, 0.29) is 11.8 Å². The molecule has 0 radical (unpaired) electrons. The smallest absolute Gasteiger partial charge is 0.261 e. The van der Waals surface area contributed by atoms with Crippen LogP contribution in [0, 0.1) is 0 Å². The molecule has 0 fully saturated rings. The topological polar surface area (TPSA) is 37.4 Å². The molecule has 0 saturated carbocycles. The van der Waals surface area contributed by atoms with Gasteiger partial charge in [0.25, 0.3) is 11.8 Å². The van der Waals surface area contributed by atoms with Gasteiger partial charge in [-0.1, -0.05) is 42.5 Å². The first-order valence-electron chi connectivity index (χ1n) is 10.3. The number of carbonyl (C=O) groups excluding carboxylic acids is 2. The molecule has 3 nitrogen and oxygen atoms in total. The number of rotatable bonds is 0. The van der Waals surface area contributed by atoms with Crippen molar-refractivity contribution in [1.82, 2.24) is 4.90 Å². The summed E-state index contributed by atoms with van der Waals surface area (Å²) in [6.45, 7) is 0. The fourth-order valence-electron chi connectivity index (χ4n) is 5.26. The number of hydrogen-bond acceptors (Lipinski definition) is 2. The van der Waals surface area contributed by atoms with Crippen molar-refractivity contribution in [3.63, 3.8) is 0 Å². The highest BCUT2D eigenvalue weighted by Crippen LogP contribution is 2.45. The van der Waals surface area contributed by atoms with Gasteiger partial charge in [0.15, 0.2) is 0 Å². The maximum absolute atomic E-state index is 12.8. The van der Waals surface area contributed by atoms with Crippen LogP contribution in [0.4, 0.5) is 0 Å². The van der Waals surface area contributed by atoms with Gasteiger partial charge in [-0.15, -0.1) is 0 Å². The van der Waals surface area contributed by atoms with Gasteiger partial charge in [0.05, 0.1) is 11.1 Å². The third-order valence-electron chi connectivity index (χ3n) is 6.87. The van der Waals surface area contributed by atoms with Crippen molar-refractivity contribution in [2.45, 2.75) is 32.1 Å². The standard InChI is InChI=1S/C26H21NO2/c1-27-25(28)20-13-12-19-22(24(20)26(27)29)14-21-17-8-6-15-2-4-16(5-3-15)7-9-18(11-10-17)23(19)21/h2-5,10-13H,6-9,14H2,1H3. The minimum atomic E-state index is -0.184. The molecular weight excluding hydrogens is 358 g/mol. The largest absolute Gasteiger partial charge is 0.277 e. The Morgan fingerprint density at radius 3 is 1.97 bits per heavy atom. The number of benzene rings is 3. The predicted molar refractivity (Wildman–Crippen MR) is 112 cm³/mol. The van der Waals surface area contributed by atoms with Gasteiger partial charge in [0.1, 0.15) is 0 Å². The SMILES string of the molecule is CN1C(=O)c2ccc3c(c2C1=O)Cc1c2ccc(c1-3)CCc1ccc(cc1)CC2. The van der Waals surface area contributed by atoms with Crippen LogP contribution >= 0.6 is 0 Å². The highest BCUT2D eigenvalue weighted by Gasteiger charge is 2.38. The van der Waals surface area contributed by atoms with Crippen LogP contribution in [0.15, 0.2) is 48.5 Å². The van der Waals surface area contributed by atoms with Crippen LogP contribution in [0.2, 0.25) is 0 Å². The first kappa shape index (κ1) is 16.7. The number of hydrogen-bond donors (Lipinski definition) is 0. The van der Waals surface area contributed by atoms with E-state index in [1.807, 2.05) is 6.07 Å². The number of nitrogens with zero attached hydrogens (tertiary/aromatic N) is 1. The molecule has 0 aromatic heterocycles. The van der Waals surface area contributed by atoms with Gasteiger partial charge < -0.3 is 0 Å². The van der Waals surface area contributed by atoms with Gasteiger partial charge >= 0.3 is 0 Å². The first-order chi connectivity index (χ1) is 14.1. The molecule has 2 amide bonds. The van der Waals surface area contributed by atoms with Gasteiger partial charge in [-0.05, 0) is 82.7 Å². The first-order valence-corrected chi connectivity index (χ1v) is 10.3. The van der Waals surface area contributed by atoms with E-state index in [0.717, 1.165) is 43.2 Å². The predicted octanol–water partition coefficient (Wildman–Crippen LogP) is 4.37. The zero-order chi connectivity index (χ0) is 19.7. The average Bonchev–Trinajstić information content (AvgIpc) is 3.22. The van der Waals surface area contributed by atoms with E-state index in [4.69, 9.17) is 0 Å². The Balaban J connectivity index is 1.55. The Hall–Kier alpha value is -3.20. The maximum Gasteiger partial charge on any atom is 0.261 e. The Morgan fingerprint density at radius 2 is 1.24 bits per heavy atom. The van der Waals surface area contributed by atoms with Crippen molar-refractivity contribution < 1.29 is 9.59 Å². The third kappa shape index (κ3) is 2.30. The van der Waals surface area contributed by atoms with Crippen LogP contribution in [0.1, 0.15) is 54.1 Å². The molecule has 0 N–H and O–H groups in total. The molecule has 0 saturated heterocycles. The zero-order valence-corrected chi connectivity index (χ0v) is 16.4. The molecular formula is C26H21NO2. The average molecular weight is 379 g/mol. The second-order valence-electron chi connectivity index (χ2n) is 8.41. The minimum Gasteiger partial charge on any atom is -0.277 e. The fourth-order valence-corrected chi connectivity index (χ4v) is 5.26. The van der Waals surface area contributed by atoms with E-state index in [1.54, 1.807) is 7.05 Å². The second-order valence-corrected chi connectivity index (χ2v) is 8.41. The summed E-state index contributed by atoms with van der Waals surface area (Å²) in [6.07, 6.45) is 4.74. The number of imide groups is 1. The van der Waals surface area contributed by atoms with E-state index >= 15 is 0 Å². The van der Waals surface area contributed by atoms with Gasteiger partial charge in [0, 0.05) is 7.05 Å². The van der Waals surface area contributed by atoms with Crippen LogP contribution in [-0.4, -0.2) is 23.8 Å². The van der Waals surface area contributed by atoms with E-state index in [1.165, 1.54) is 38.3 Å². The van der Waals surface area contributed by atoms with Crippen LogP contribution in [0.25, 0.3) is 11.1 Å².